The molecule has 1 N–H and O–H groups in total. The standard InChI is InChI=1S/C9H16O4/c1-6(2-7-3-11-7)9(10)13-5-8-4-12-8/h6-10H,2-5H2,1H3. The lowest BCUT2D eigenvalue weighted by Crippen LogP contribution is -2.24. The van der Waals surface area contributed by atoms with E-state index in [9.17, 15) is 5.11 Å². The van der Waals surface area contributed by atoms with E-state index in [0.717, 1.165) is 19.6 Å². The molecule has 0 spiro atoms. The minimum absolute atomic E-state index is 0.145. The van der Waals surface area contributed by atoms with Crippen molar-refractivity contribution in [3.8, 4) is 0 Å². The van der Waals surface area contributed by atoms with E-state index >= 15 is 0 Å². The molecule has 0 radical (unpaired) electrons. The van der Waals surface area contributed by atoms with E-state index in [-0.39, 0.29) is 12.0 Å². The van der Waals surface area contributed by atoms with Crippen LogP contribution in [-0.4, -0.2) is 43.4 Å². The fourth-order valence-electron chi connectivity index (χ4n) is 1.27. The van der Waals surface area contributed by atoms with Crippen molar-refractivity contribution in [3.05, 3.63) is 0 Å². The molecule has 2 saturated heterocycles. The third kappa shape index (κ3) is 3.23. The monoisotopic (exact) mass is 188 g/mol. The van der Waals surface area contributed by atoms with Crippen LogP contribution in [0.4, 0.5) is 0 Å². The van der Waals surface area contributed by atoms with Crippen molar-refractivity contribution in [1.82, 2.24) is 0 Å². The van der Waals surface area contributed by atoms with Gasteiger partial charge in [0.2, 0.25) is 0 Å². The lowest BCUT2D eigenvalue weighted by molar-refractivity contribution is -0.135. The van der Waals surface area contributed by atoms with Gasteiger partial charge >= 0.3 is 0 Å². The topological polar surface area (TPSA) is 54.5 Å². The van der Waals surface area contributed by atoms with Crippen LogP contribution in [0.2, 0.25) is 0 Å². The first kappa shape index (κ1) is 9.40. The molecule has 4 heteroatoms. The minimum Gasteiger partial charge on any atom is -0.373 e. The quantitative estimate of drug-likeness (QED) is 0.476. The second-order valence-electron chi connectivity index (χ2n) is 3.85. The van der Waals surface area contributed by atoms with E-state index in [2.05, 4.69) is 0 Å². The Morgan fingerprint density at radius 2 is 2.00 bits per heavy atom. The van der Waals surface area contributed by atoms with Gasteiger partial charge in [-0.3, -0.25) is 0 Å². The zero-order valence-electron chi connectivity index (χ0n) is 7.81. The Bertz CT molecular complexity index is 165. The van der Waals surface area contributed by atoms with Crippen molar-refractivity contribution in [2.45, 2.75) is 31.8 Å². The lowest BCUT2D eigenvalue weighted by atomic mass is 10.1. The van der Waals surface area contributed by atoms with Gasteiger partial charge in [0, 0.05) is 5.92 Å². The fraction of sp³-hybridized carbons (Fsp3) is 1.00. The first-order valence-corrected chi connectivity index (χ1v) is 4.78. The molecule has 2 aliphatic rings. The molecular formula is C9H16O4. The maximum absolute atomic E-state index is 9.54. The van der Waals surface area contributed by atoms with Gasteiger partial charge in [-0.1, -0.05) is 6.92 Å². The largest absolute Gasteiger partial charge is 0.373 e. The molecule has 0 aromatic heterocycles. The van der Waals surface area contributed by atoms with Crippen LogP contribution < -0.4 is 0 Å². The van der Waals surface area contributed by atoms with Crippen molar-refractivity contribution < 1.29 is 19.3 Å². The predicted molar refractivity (Wildman–Crippen MR) is 45.2 cm³/mol. The molecular weight excluding hydrogens is 172 g/mol. The number of hydrogen-bond donors (Lipinski definition) is 1. The molecule has 0 saturated carbocycles. The van der Waals surface area contributed by atoms with E-state index in [0.29, 0.717) is 12.7 Å². The van der Waals surface area contributed by atoms with E-state index in [4.69, 9.17) is 14.2 Å². The van der Waals surface area contributed by atoms with Gasteiger partial charge in [0.15, 0.2) is 6.29 Å². The fourth-order valence-corrected chi connectivity index (χ4v) is 1.27. The van der Waals surface area contributed by atoms with Crippen molar-refractivity contribution in [1.29, 1.82) is 0 Å². The van der Waals surface area contributed by atoms with Crippen molar-refractivity contribution >= 4 is 0 Å². The summed E-state index contributed by atoms with van der Waals surface area (Å²) >= 11 is 0. The molecule has 0 aliphatic carbocycles. The highest BCUT2D eigenvalue weighted by molar-refractivity contribution is 4.74. The van der Waals surface area contributed by atoms with Crippen LogP contribution in [0.15, 0.2) is 0 Å². The van der Waals surface area contributed by atoms with E-state index in [1.54, 1.807) is 0 Å². The van der Waals surface area contributed by atoms with Crippen LogP contribution in [0, 0.1) is 5.92 Å². The summed E-state index contributed by atoms with van der Waals surface area (Å²) in [5.74, 6) is 0.145. The summed E-state index contributed by atoms with van der Waals surface area (Å²) < 4.78 is 15.3. The van der Waals surface area contributed by atoms with Gasteiger partial charge in [-0.15, -0.1) is 0 Å². The first-order chi connectivity index (χ1) is 6.25. The Labute approximate surface area is 77.8 Å². The summed E-state index contributed by atoms with van der Waals surface area (Å²) in [6, 6.07) is 0. The molecule has 0 aromatic rings. The SMILES string of the molecule is CC(CC1CO1)C(O)OCC1CO1. The molecule has 2 heterocycles. The number of aliphatic hydroxyl groups excluding tert-OH is 1. The van der Waals surface area contributed by atoms with Gasteiger partial charge in [-0.05, 0) is 6.42 Å². The number of hydrogen-bond acceptors (Lipinski definition) is 4. The van der Waals surface area contributed by atoms with Crippen LogP contribution in [-0.2, 0) is 14.2 Å². The molecule has 4 unspecified atom stereocenters. The third-order valence-electron chi connectivity index (χ3n) is 2.38. The predicted octanol–water partition coefficient (Wildman–Crippen LogP) is 0.145. The molecule has 13 heavy (non-hydrogen) atoms. The summed E-state index contributed by atoms with van der Waals surface area (Å²) in [6.07, 6.45) is 0.782. The zero-order valence-corrected chi connectivity index (χ0v) is 7.81. The highest BCUT2D eigenvalue weighted by Gasteiger charge is 2.30. The molecule has 4 atom stereocenters. The third-order valence-corrected chi connectivity index (χ3v) is 2.38. The zero-order chi connectivity index (χ0) is 9.26. The number of ether oxygens (including phenoxy) is 3. The van der Waals surface area contributed by atoms with Gasteiger partial charge in [0.25, 0.3) is 0 Å². The van der Waals surface area contributed by atoms with E-state index in [1.165, 1.54) is 0 Å². The molecule has 2 rings (SSSR count). The van der Waals surface area contributed by atoms with Crippen LogP contribution in [0.1, 0.15) is 13.3 Å². The molecule has 2 aliphatic heterocycles. The number of rotatable bonds is 6. The van der Waals surface area contributed by atoms with Crippen molar-refractivity contribution in [2.24, 2.45) is 5.92 Å². The maximum atomic E-state index is 9.54. The molecule has 0 aromatic carbocycles. The first-order valence-electron chi connectivity index (χ1n) is 4.78. The lowest BCUT2D eigenvalue weighted by Gasteiger charge is -2.17. The highest BCUT2D eigenvalue weighted by Crippen LogP contribution is 2.22. The van der Waals surface area contributed by atoms with E-state index < -0.39 is 6.29 Å². The number of aliphatic hydroxyl groups is 1. The second-order valence-corrected chi connectivity index (χ2v) is 3.85. The molecule has 0 amide bonds. The Hall–Kier alpha value is -0.160. The molecule has 76 valence electrons. The van der Waals surface area contributed by atoms with Gasteiger partial charge in [-0.25, -0.2) is 0 Å². The molecule has 4 nitrogen and oxygen atoms in total. The van der Waals surface area contributed by atoms with Gasteiger partial charge in [0.1, 0.15) is 6.10 Å². The summed E-state index contributed by atoms with van der Waals surface area (Å²) in [5.41, 5.74) is 0. The Kier molecular flexibility index (Phi) is 2.83. The Balaban J connectivity index is 1.58. The average Bonchev–Trinajstić information content (AvgIpc) is 2.94. The Morgan fingerprint density at radius 3 is 2.54 bits per heavy atom. The van der Waals surface area contributed by atoms with Crippen molar-refractivity contribution in [2.75, 3.05) is 19.8 Å². The van der Waals surface area contributed by atoms with Crippen LogP contribution in [0.5, 0.6) is 0 Å². The molecule has 2 fully saturated rings. The maximum Gasteiger partial charge on any atom is 0.157 e. The summed E-state index contributed by atoms with van der Waals surface area (Å²) in [4.78, 5) is 0. The van der Waals surface area contributed by atoms with E-state index in [1.807, 2.05) is 6.92 Å². The van der Waals surface area contributed by atoms with Gasteiger partial charge in [-0.2, -0.15) is 0 Å². The average molecular weight is 188 g/mol. The summed E-state index contributed by atoms with van der Waals surface area (Å²) in [5, 5.41) is 9.54. The van der Waals surface area contributed by atoms with Gasteiger partial charge in [0.05, 0.1) is 25.9 Å². The highest BCUT2D eigenvalue weighted by atomic mass is 16.6. The second kappa shape index (κ2) is 3.92. The van der Waals surface area contributed by atoms with Crippen molar-refractivity contribution in [3.63, 3.8) is 0 Å². The summed E-state index contributed by atoms with van der Waals surface area (Å²) in [7, 11) is 0. The summed E-state index contributed by atoms with van der Waals surface area (Å²) in [6.45, 7) is 4.09. The smallest absolute Gasteiger partial charge is 0.157 e. The molecule has 0 bridgehead atoms. The van der Waals surface area contributed by atoms with Crippen LogP contribution in [0.25, 0.3) is 0 Å². The normalized spacial score (nSPS) is 35.5. The van der Waals surface area contributed by atoms with Crippen LogP contribution in [0.3, 0.4) is 0 Å². The van der Waals surface area contributed by atoms with Crippen LogP contribution >= 0.6 is 0 Å². The number of epoxide rings is 2. The minimum atomic E-state index is -0.673. The van der Waals surface area contributed by atoms with Gasteiger partial charge < -0.3 is 19.3 Å². The Morgan fingerprint density at radius 1 is 1.38 bits per heavy atom.